The van der Waals surface area contributed by atoms with Gasteiger partial charge in [-0.1, -0.05) is 43.7 Å². The third kappa shape index (κ3) is 4.76. The molecule has 1 aliphatic rings. The molecule has 1 heterocycles. The predicted octanol–water partition coefficient (Wildman–Crippen LogP) is 4.15. The molecule has 0 saturated carbocycles. The van der Waals surface area contributed by atoms with Crippen molar-refractivity contribution in [1.82, 2.24) is 10.2 Å². The molecular weight excluding hydrogens is 336 g/mol. The average molecular weight is 364 g/mol. The summed E-state index contributed by atoms with van der Waals surface area (Å²) < 4.78 is 0. The smallest absolute Gasteiger partial charge is 0.253 e. The lowest BCUT2D eigenvalue weighted by Gasteiger charge is -2.32. The summed E-state index contributed by atoms with van der Waals surface area (Å²) in [5, 5.41) is 3.10. The third-order valence-corrected chi connectivity index (χ3v) is 5.26. The van der Waals surface area contributed by atoms with Gasteiger partial charge in [-0.05, 0) is 55.5 Å². The number of piperidine rings is 1. The molecule has 1 N–H and O–H groups in total. The van der Waals surface area contributed by atoms with Crippen LogP contribution in [0, 0.1) is 6.92 Å². The van der Waals surface area contributed by atoms with E-state index < -0.39 is 0 Å². The second kappa shape index (κ2) is 8.38. The maximum absolute atomic E-state index is 12.7. The molecule has 2 aromatic rings. The van der Waals surface area contributed by atoms with Gasteiger partial charge < -0.3 is 10.2 Å². The van der Waals surface area contributed by atoms with Gasteiger partial charge in [-0.25, -0.2) is 0 Å². The maximum atomic E-state index is 12.7. The molecule has 1 aliphatic heterocycles. The van der Waals surface area contributed by atoms with Gasteiger partial charge in [0.25, 0.3) is 11.8 Å². The normalized spacial score (nSPS) is 15.0. The van der Waals surface area contributed by atoms with Gasteiger partial charge in [-0.3, -0.25) is 9.59 Å². The summed E-state index contributed by atoms with van der Waals surface area (Å²) in [5.74, 6) is 0.500. The minimum atomic E-state index is -0.0379. The highest BCUT2D eigenvalue weighted by molar-refractivity contribution is 5.95. The first-order chi connectivity index (χ1) is 12.9. The Labute approximate surface area is 161 Å². The van der Waals surface area contributed by atoms with Gasteiger partial charge in [0, 0.05) is 30.3 Å². The highest BCUT2D eigenvalue weighted by atomic mass is 16.2. The number of rotatable bonds is 4. The van der Waals surface area contributed by atoms with Crippen molar-refractivity contribution in [3.63, 3.8) is 0 Å². The Kier molecular flexibility index (Phi) is 5.94. The number of hydrogen-bond acceptors (Lipinski definition) is 2. The standard InChI is InChI=1S/C23H28N2O2/c1-16(2)18-8-10-20(11-9-18)23(27)25-14-12-21(13-15-25)24-22(26)19-6-4-17(3)5-7-19/h4-11,16,21H,12-15H2,1-3H3,(H,24,26). The Balaban J connectivity index is 1.53. The van der Waals surface area contributed by atoms with Crippen molar-refractivity contribution in [2.45, 2.75) is 45.6 Å². The van der Waals surface area contributed by atoms with E-state index in [9.17, 15) is 9.59 Å². The topological polar surface area (TPSA) is 49.4 Å². The molecule has 1 saturated heterocycles. The Bertz CT molecular complexity index is 786. The summed E-state index contributed by atoms with van der Waals surface area (Å²) in [6.07, 6.45) is 1.57. The number of aryl methyl sites for hydroxylation is 1. The van der Waals surface area contributed by atoms with Crippen LogP contribution in [0.15, 0.2) is 48.5 Å². The van der Waals surface area contributed by atoms with Crippen LogP contribution < -0.4 is 5.32 Å². The highest BCUT2D eigenvalue weighted by Gasteiger charge is 2.24. The molecule has 0 unspecified atom stereocenters. The minimum absolute atomic E-state index is 0.0379. The summed E-state index contributed by atoms with van der Waals surface area (Å²) in [6.45, 7) is 7.64. The fourth-order valence-corrected chi connectivity index (χ4v) is 3.39. The van der Waals surface area contributed by atoms with Crippen LogP contribution in [-0.4, -0.2) is 35.8 Å². The lowest BCUT2D eigenvalue weighted by molar-refractivity contribution is 0.0698. The van der Waals surface area contributed by atoms with Crippen LogP contribution in [0.3, 0.4) is 0 Å². The van der Waals surface area contributed by atoms with E-state index in [0.717, 1.165) is 24.0 Å². The van der Waals surface area contributed by atoms with Gasteiger partial charge in [-0.2, -0.15) is 0 Å². The van der Waals surface area contributed by atoms with Crippen LogP contribution in [0.25, 0.3) is 0 Å². The van der Waals surface area contributed by atoms with E-state index in [0.29, 0.717) is 24.6 Å². The van der Waals surface area contributed by atoms with Crippen LogP contribution in [0.2, 0.25) is 0 Å². The number of likely N-dealkylation sites (tertiary alicyclic amines) is 1. The first kappa shape index (κ1) is 19.2. The lowest BCUT2D eigenvalue weighted by Crippen LogP contribution is -2.46. The van der Waals surface area contributed by atoms with Crippen LogP contribution in [-0.2, 0) is 0 Å². The first-order valence-corrected chi connectivity index (χ1v) is 9.71. The zero-order valence-electron chi connectivity index (χ0n) is 16.4. The Morgan fingerprint density at radius 3 is 2.04 bits per heavy atom. The molecule has 0 atom stereocenters. The van der Waals surface area contributed by atoms with E-state index in [1.807, 2.05) is 60.4 Å². The number of benzene rings is 2. The molecule has 3 rings (SSSR count). The van der Waals surface area contributed by atoms with E-state index >= 15 is 0 Å². The highest BCUT2D eigenvalue weighted by Crippen LogP contribution is 2.18. The van der Waals surface area contributed by atoms with Crippen LogP contribution in [0.5, 0.6) is 0 Å². The van der Waals surface area contributed by atoms with E-state index in [2.05, 4.69) is 19.2 Å². The Morgan fingerprint density at radius 1 is 0.926 bits per heavy atom. The molecule has 27 heavy (non-hydrogen) atoms. The van der Waals surface area contributed by atoms with E-state index in [1.165, 1.54) is 5.56 Å². The summed E-state index contributed by atoms with van der Waals surface area (Å²) >= 11 is 0. The summed E-state index contributed by atoms with van der Waals surface area (Å²) in [7, 11) is 0. The van der Waals surface area contributed by atoms with Gasteiger partial charge in [-0.15, -0.1) is 0 Å². The van der Waals surface area contributed by atoms with Gasteiger partial charge in [0.1, 0.15) is 0 Å². The second-order valence-corrected chi connectivity index (χ2v) is 7.68. The third-order valence-electron chi connectivity index (χ3n) is 5.26. The molecule has 0 radical (unpaired) electrons. The lowest BCUT2D eigenvalue weighted by atomic mass is 10.00. The summed E-state index contributed by atoms with van der Waals surface area (Å²) in [6, 6.07) is 15.6. The molecule has 0 aliphatic carbocycles. The van der Waals surface area contributed by atoms with E-state index in [-0.39, 0.29) is 17.9 Å². The molecule has 0 spiro atoms. The SMILES string of the molecule is Cc1ccc(C(=O)NC2CCN(C(=O)c3ccc(C(C)C)cc3)CC2)cc1. The van der Waals surface area contributed by atoms with Crippen LogP contribution >= 0.6 is 0 Å². The van der Waals surface area contributed by atoms with E-state index in [1.54, 1.807) is 0 Å². The number of hydrogen-bond donors (Lipinski definition) is 1. The number of nitrogens with one attached hydrogen (secondary N) is 1. The van der Waals surface area contributed by atoms with Gasteiger partial charge in [0.2, 0.25) is 0 Å². The van der Waals surface area contributed by atoms with Crippen LogP contribution in [0.1, 0.15) is 64.4 Å². The zero-order chi connectivity index (χ0) is 19.4. The van der Waals surface area contributed by atoms with Crippen molar-refractivity contribution in [3.05, 3.63) is 70.8 Å². The Hall–Kier alpha value is -2.62. The average Bonchev–Trinajstić information content (AvgIpc) is 2.68. The van der Waals surface area contributed by atoms with Crippen molar-refractivity contribution in [2.75, 3.05) is 13.1 Å². The van der Waals surface area contributed by atoms with Gasteiger partial charge in [0.15, 0.2) is 0 Å². The van der Waals surface area contributed by atoms with Gasteiger partial charge >= 0.3 is 0 Å². The summed E-state index contributed by atoms with van der Waals surface area (Å²) in [5.41, 5.74) is 3.80. The van der Waals surface area contributed by atoms with E-state index in [4.69, 9.17) is 0 Å². The molecule has 0 bridgehead atoms. The molecule has 1 fully saturated rings. The first-order valence-electron chi connectivity index (χ1n) is 9.71. The molecule has 0 aromatic heterocycles. The molecule has 2 amide bonds. The number of amides is 2. The Morgan fingerprint density at radius 2 is 1.48 bits per heavy atom. The monoisotopic (exact) mass is 364 g/mol. The zero-order valence-corrected chi connectivity index (χ0v) is 16.4. The fraction of sp³-hybridized carbons (Fsp3) is 0.391. The fourth-order valence-electron chi connectivity index (χ4n) is 3.39. The largest absolute Gasteiger partial charge is 0.349 e. The minimum Gasteiger partial charge on any atom is -0.349 e. The molecular formula is C23H28N2O2. The number of carbonyl (C=O) groups excluding carboxylic acids is 2. The summed E-state index contributed by atoms with van der Waals surface area (Å²) in [4.78, 5) is 26.9. The molecule has 4 heteroatoms. The van der Waals surface area contributed by atoms with Crippen molar-refractivity contribution >= 4 is 11.8 Å². The van der Waals surface area contributed by atoms with Gasteiger partial charge in [0.05, 0.1) is 0 Å². The van der Waals surface area contributed by atoms with Crippen molar-refractivity contribution < 1.29 is 9.59 Å². The molecule has 142 valence electrons. The number of carbonyl (C=O) groups is 2. The maximum Gasteiger partial charge on any atom is 0.253 e. The van der Waals surface area contributed by atoms with Crippen molar-refractivity contribution in [3.8, 4) is 0 Å². The molecule has 4 nitrogen and oxygen atoms in total. The van der Waals surface area contributed by atoms with Crippen molar-refractivity contribution in [2.24, 2.45) is 0 Å². The quantitative estimate of drug-likeness (QED) is 0.886. The molecule has 2 aromatic carbocycles. The predicted molar refractivity (Wildman–Crippen MR) is 108 cm³/mol. The van der Waals surface area contributed by atoms with Crippen molar-refractivity contribution in [1.29, 1.82) is 0 Å². The van der Waals surface area contributed by atoms with Crippen LogP contribution in [0.4, 0.5) is 0 Å². The second-order valence-electron chi connectivity index (χ2n) is 7.68. The number of nitrogens with zero attached hydrogens (tertiary/aromatic N) is 1.